The van der Waals surface area contributed by atoms with Gasteiger partial charge in [-0.15, -0.1) is 0 Å². The summed E-state index contributed by atoms with van der Waals surface area (Å²) in [6.07, 6.45) is -0.00619. The number of β-amino-alcohol motifs (C(OH)–C–C–N with tert-alkyl or cyclic N) is 1. The van der Waals surface area contributed by atoms with E-state index in [4.69, 9.17) is 37.8 Å². The van der Waals surface area contributed by atoms with Crippen LogP contribution in [-0.2, 0) is 4.79 Å². The Bertz CT molecular complexity index is 958. The van der Waals surface area contributed by atoms with E-state index in [-0.39, 0.29) is 24.0 Å². The van der Waals surface area contributed by atoms with Crippen LogP contribution in [0.5, 0.6) is 11.5 Å². The lowest BCUT2D eigenvalue weighted by molar-refractivity contribution is -0.135. The number of carboxylic acid groups (broad SMARTS) is 1. The zero-order valence-corrected chi connectivity index (χ0v) is 18.7. The smallest absolute Gasteiger partial charge is 0.322 e. The second-order valence-electron chi connectivity index (χ2n) is 7.40. The van der Waals surface area contributed by atoms with Gasteiger partial charge < -0.3 is 25.0 Å². The quantitative estimate of drug-likeness (QED) is 0.477. The molecule has 3 N–H and O–H groups in total. The lowest BCUT2D eigenvalue weighted by atomic mass is 10.2. The first-order valence-corrected chi connectivity index (χ1v) is 10.8. The molecule has 2 aromatic carbocycles. The number of aliphatic hydroxyl groups excluding tert-OH is 1. The number of nitrogens with one attached hydrogen (secondary N) is 1. The molecule has 1 aliphatic heterocycles. The summed E-state index contributed by atoms with van der Waals surface area (Å²) in [7, 11) is 0. The van der Waals surface area contributed by atoms with Gasteiger partial charge in [0.1, 0.15) is 36.9 Å². The van der Waals surface area contributed by atoms with Gasteiger partial charge in [-0.2, -0.15) is 0 Å². The van der Waals surface area contributed by atoms with Crippen molar-refractivity contribution in [2.45, 2.75) is 18.6 Å². The molecule has 1 saturated heterocycles. The monoisotopic (exact) mass is 482 g/mol. The fraction of sp³-hybridized carbons (Fsp3) is 0.364. The van der Waals surface area contributed by atoms with Crippen molar-refractivity contribution in [3.05, 3.63) is 58.1 Å². The standard InChI is InChI=1S/C22H24Cl2N2O6/c23-18-6-5-15(9-19(18)24)32-16-7-8-26(12-16)11-14(27)13-31-20-4-2-1-3-17(20)22(30)25-10-21(28)29/h1-6,9,14,16,27H,7-8,10-13H2,(H,25,30)(H,28,29). The Hall–Kier alpha value is -2.52. The normalized spacial score (nSPS) is 17.0. The Morgan fingerprint density at radius 2 is 1.97 bits per heavy atom. The van der Waals surface area contributed by atoms with Gasteiger partial charge in [0.25, 0.3) is 5.91 Å². The molecule has 2 unspecified atom stereocenters. The van der Waals surface area contributed by atoms with Gasteiger partial charge in [-0.3, -0.25) is 14.5 Å². The van der Waals surface area contributed by atoms with Crippen LogP contribution < -0.4 is 14.8 Å². The molecule has 1 amide bonds. The Balaban J connectivity index is 1.46. The van der Waals surface area contributed by atoms with Crippen molar-refractivity contribution < 1.29 is 29.3 Å². The molecule has 10 heteroatoms. The SMILES string of the molecule is O=C(O)CNC(=O)c1ccccc1OCC(O)CN1CCC(Oc2ccc(Cl)c(Cl)c2)C1. The van der Waals surface area contributed by atoms with Crippen LogP contribution in [0.1, 0.15) is 16.8 Å². The van der Waals surface area contributed by atoms with E-state index >= 15 is 0 Å². The van der Waals surface area contributed by atoms with Crippen LogP contribution in [0.25, 0.3) is 0 Å². The Morgan fingerprint density at radius 1 is 1.19 bits per heavy atom. The lowest BCUT2D eigenvalue weighted by Crippen LogP contribution is -2.35. The molecule has 1 fully saturated rings. The third kappa shape index (κ3) is 7.00. The van der Waals surface area contributed by atoms with Crippen molar-refractivity contribution in [2.24, 2.45) is 0 Å². The topological polar surface area (TPSA) is 108 Å². The number of halogens is 2. The second kappa shape index (κ2) is 11.4. The fourth-order valence-electron chi connectivity index (χ4n) is 3.37. The Morgan fingerprint density at radius 3 is 2.72 bits per heavy atom. The number of hydrogen-bond donors (Lipinski definition) is 3. The van der Waals surface area contributed by atoms with Crippen molar-refractivity contribution >= 4 is 35.1 Å². The summed E-state index contributed by atoms with van der Waals surface area (Å²) in [5.41, 5.74) is 0.206. The largest absolute Gasteiger partial charge is 0.490 e. The molecule has 0 aromatic heterocycles. The van der Waals surface area contributed by atoms with Crippen molar-refractivity contribution in [3.8, 4) is 11.5 Å². The second-order valence-corrected chi connectivity index (χ2v) is 8.22. The lowest BCUT2D eigenvalue weighted by Gasteiger charge is -2.21. The molecule has 0 radical (unpaired) electrons. The van der Waals surface area contributed by atoms with Crippen LogP contribution in [0.4, 0.5) is 0 Å². The van der Waals surface area contributed by atoms with E-state index in [9.17, 15) is 14.7 Å². The number of carbonyl (C=O) groups is 2. The molecule has 0 saturated carbocycles. The van der Waals surface area contributed by atoms with Gasteiger partial charge in [-0.05, 0) is 30.7 Å². The van der Waals surface area contributed by atoms with E-state index in [0.717, 1.165) is 13.0 Å². The molecule has 172 valence electrons. The molecule has 8 nitrogen and oxygen atoms in total. The van der Waals surface area contributed by atoms with E-state index in [1.807, 2.05) is 0 Å². The number of ether oxygens (including phenoxy) is 2. The van der Waals surface area contributed by atoms with E-state index in [2.05, 4.69) is 10.2 Å². The molecule has 32 heavy (non-hydrogen) atoms. The van der Waals surface area contributed by atoms with Crippen molar-refractivity contribution in [3.63, 3.8) is 0 Å². The van der Waals surface area contributed by atoms with Crippen LogP contribution >= 0.6 is 23.2 Å². The predicted molar refractivity (Wildman–Crippen MR) is 120 cm³/mol. The zero-order valence-electron chi connectivity index (χ0n) is 17.2. The third-order valence-electron chi connectivity index (χ3n) is 4.85. The number of aliphatic hydroxyl groups is 1. The average molecular weight is 483 g/mol. The van der Waals surface area contributed by atoms with Crippen molar-refractivity contribution in [2.75, 3.05) is 32.8 Å². The number of amides is 1. The molecule has 2 aromatic rings. The number of rotatable bonds is 10. The van der Waals surface area contributed by atoms with Crippen LogP contribution in [0.3, 0.4) is 0 Å². The first-order valence-electron chi connectivity index (χ1n) is 10.1. The number of benzene rings is 2. The molecule has 2 atom stereocenters. The van der Waals surface area contributed by atoms with Crippen LogP contribution in [0.15, 0.2) is 42.5 Å². The van der Waals surface area contributed by atoms with Crippen LogP contribution in [-0.4, -0.2) is 72.0 Å². The zero-order chi connectivity index (χ0) is 23.1. The average Bonchev–Trinajstić information content (AvgIpc) is 3.20. The third-order valence-corrected chi connectivity index (χ3v) is 5.59. The maximum absolute atomic E-state index is 12.2. The molecule has 3 rings (SSSR count). The highest BCUT2D eigenvalue weighted by atomic mass is 35.5. The summed E-state index contributed by atoms with van der Waals surface area (Å²) in [6.45, 7) is 1.28. The number of carboxylic acids is 1. The minimum absolute atomic E-state index is 0.0158. The van der Waals surface area contributed by atoms with Gasteiger partial charge in [-0.25, -0.2) is 0 Å². The Kier molecular flexibility index (Phi) is 8.58. The maximum Gasteiger partial charge on any atom is 0.322 e. The molecule has 0 bridgehead atoms. The van der Waals surface area contributed by atoms with Crippen molar-refractivity contribution in [1.29, 1.82) is 0 Å². The van der Waals surface area contributed by atoms with Gasteiger partial charge >= 0.3 is 5.97 Å². The molecule has 1 heterocycles. The Labute approximate surface area is 195 Å². The van der Waals surface area contributed by atoms with E-state index < -0.39 is 24.5 Å². The molecular formula is C22H24Cl2N2O6. The number of nitrogens with zero attached hydrogens (tertiary/aromatic N) is 1. The van der Waals surface area contributed by atoms with Gasteiger partial charge in [0.05, 0.1) is 15.6 Å². The summed E-state index contributed by atoms with van der Waals surface area (Å²) in [6, 6.07) is 11.6. The number of para-hydroxylation sites is 1. The summed E-state index contributed by atoms with van der Waals surface area (Å²) < 4.78 is 11.6. The first kappa shape index (κ1) is 24.1. The minimum atomic E-state index is -1.14. The molecule has 0 spiro atoms. The first-order chi connectivity index (χ1) is 15.3. The number of hydrogen-bond acceptors (Lipinski definition) is 6. The minimum Gasteiger partial charge on any atom is -0.490 e. The summed E-state index contributed by atoms with van der Waals surface area (Å²) in [5, 5.41) is 22.3. The molecular weight excluding hydrogens is 459 g/mol. The summed E-state index contributed by atoms with van der Waals surface area (Å²) in [4.78, 5) is 24.9. The predicted octanol–water partition coefficient (Wildman–Crippen LogP) is 2.70. The van der Waals surface area contributed by atoms with Gasteiger partial charge in [-0.1, -0.05) is 35.3 Å². The summed E-state index contributed by atoms with van der Waals surface area (Å²) >= 11 is 11.9. The van der Waals surface area contributed by atoms with E-state index in [0.29, 0.717) is 28.9 Å². The fourth-order valence-corrected chi connectivity index (χ4v) is 3.66. The number of aliphatic carboxylic acids is 1. The van der Waals surface area contributed by atoms with Crippen molar-refractivity contribution in [1.82, 2.24) is 10.2 Å². The number of likely N-dealkylation sites (tertiary alicyclic amines) is 1. The van der Waals surface area contributed by atoms with Gasteiger partial charge in [0.15, 0.2) is 0 Å². The number of carbonyl (C=O) groups excluding carboxylic acids is 1. The van der Waals surface area contributed by atoms with E-state index in [1.165, 1.54) is 6.07 Å². The van der Waals surface area contributed by atoms with Gasteiger partial charge in [0.2, 0.25) is 0 Å². The van der Waals surface area contributed by atoms with Crippen LogP contribution in [0, 0.1) is 0 Å². The van der Waals surface area contributed by atoms with Crippen LogP contribution in [0.2, 0.25) is 10.0 Å². The molecule has 1 aliphatic rings. The summed E-state index contributed by atoms with van der Waals surface area (Å²) in [5.74, 6) is -0.775. The highest BCUT2D eigenvalue weighted by Gasteiger charge is 2.26. The highest BCUT2D eigenvalue weighted by molar-refractivity contribution is 6.42. The van der Waals surface area contributed by atoms with Gasteiger partial charge in [0, 0.05) is 25.7 Å². The maximum atomic E-state index is 12.2. The molecule has 0 aliphatic carbocycles. The van der Waals surface area contributed by atoms with E-state index in [1.54, 1.807) is 36.4 Å². The highest BCUT2D eigenvalue weighted by Crippen LogP contribution is 2.28.